The largest absolute Gasteiger partial charge is 0.480 e. The van der Waals surface area contributed by atoms with Crippen LogP contribution >= 0.6 is 0 Å². The molecule has 0 aliphatic heterocycles. The second kappa shape index (κ2) is 3.59. The molecule has 17 heavy (non-hydrogen) atoms. The number of hydrogen-bond acceptors (Lipinski definition) is 3. The molecule has 2 rings (SSSR count). The average molecular weight is 238 g/mol. The highest BCUT2D eigenvalue weighted by Crippen LogP contribution is 2.53. The maximum atomic E-state index is 12.2. The third kappa shape index (κ3) is 1.85. The van der Waals surface area contributed by atoms with Crippen molar-refractivity contribution in [1.29, 1.82) is 0 Å². The number of carboxylic acid groups (broad SMARTS) is 1. The highest BCUT2D eigenvalue weighted by atomic mass is 16.6. The molecule has 0 aromatic heterocycles. The third-order valence-corrected chi connectivity index (χ3v) is 3.53. The summed E-state index contributed by atoms with van der Waals surface area (Å²) in [6, 6.07) is 0. The van der Waals surface area contributed by atoms with E-state index in [0.29, 0.717) is 6.42 Å². The van der Waals surface area contributed by atoms with Crippen molar-refractivity contribution in [1.82, 2.24) is 0 Å². The van der Waals surface area contributed by atoms with Gasteiger partial charge in [-0.25, -0.2) is 0 Å². The molecule has 0 heterocycles. The van der Waals surface area contributed by atoms with Gasteiger partial charge in [-0.1, -0.05) is 12.2 Å². The summed E-state index contributed by atoms with van der Waals surface area (Å²) in [5.74, 6) is -1.64. The van der Waals surface area contributed by atoms with E-state index in [9.17, 15) is 14.7 Å². The second-order valence-corrected chi connectivity index (χ2v) is 5.97. The van der Waals surface area contributed by atoms with Crippen molar-refractivity contribution in [2.24, 2.45) is 17.3 Å². The van der Waals surface area contributed by atoms with Crippen molar-refractivity contribution >= 4 is 11.9 Å². The molecule has 1 N–H and O–H groups in total. The quantitative estimate of drug-likeness (QED) is 0.454. The zero-order chi connectivity index (χ0) is 12.8. The summed E-state index contributed by atoms with van der Waals surface area (Å²) in [5, 5.41) is 9.42. The van der Waals surface area contributed by atoms with Gasteiger partial charge >= 0.3 is 11.9 Å². The van der Waals surface area contributed by atoms with Gasteiger partial charge in [-0.15, -0.1) is 0 Å². The maximum Gasteiger partial charge on any atom is 0.324 e. The fourth-order valence-electron chi connectivity index (χ4n) is 2.79. The number of carbonyl (C=O) groups is 2. The molecule has 94 valence electrons. The molecule has 0 aromatic carbocycles. The van der Waals surface area contributed by atoms with Crippen molar-refractivity contribution in [3.8, 4) is 0 Å². The number of fused-ring (bicyclic) bond motifs is 2. The van der Waals surface area contributed by atoms with E-state index >= 15 is 0 Å². The van der Waals surface area contributed by atoms with Crippen LogP contribution in [0.2, 0.25) is 0 Å². The van der Waals surface area contributed by atoms with E-state index in [-0.39, 0.29) is 11.8 Å². The predicted octanol–water partition coefficient (Wildman–Crippen LogP) is 2.00. The number of hydrogen-bond donors (Lipinski definition) is 1. The Balaban J connectivity index is 2.28. The smallest absolute Gasteiger partial charge is 0.324 e. The molecule has 1 saturated carbocycles. The molecule has 1 fully saturated rings. The molecule has 3 unspecified atom stereocenters. The minimum Gasteiger partial charge on any atom is -0.480 e. The Bertz CT molecular complexity index is 391. The monoisotopic (exact) mass is 238 g/mol. The van der Waals surface area contributed by atoms with Crippen molar-refractivity contribution in [2.75, 3.05) is 0 Å². The number of ether oxygens (including phenoxy) is 1. The SMILES string of the molecule is CC(C)(C)OC(=O)C1(C(=O)O)CC2C=CC1C2. The van der Waals surface area contributed by atoms with Crippen LogP contribution in [0, 0.1) is 17.3 Å². The van der Waals surface area contributed by atoms with Crippen LogP contribution < -0.4 is 0 Å². The van der Waals surface area contributed by atoms with Gasteiger partial charge in [0.1, 0.15) is 5.60 Å². The van der Waals surface area contributed by atoms with Crippen LogP contribution in [0.15, 0.2) is 12.2 Å². The highest BCUT2D eigenvalue weighted by Gasteiger charge is 2.60. The molecular formula is C13H18O4. The van der Waals surface area contributed by atoms with E-state index in [2.05, 4.69) is 0 Å². The van der Waals surface area contributed by atoms with Crippen LogP contribution in [-0.4, -0.2) is 22.6 Å². The van der Waals surface area contributed by atoms with E-state index in [4.69, 9.17) is 4.74 Å². The lowest BCUT2D eigenvalue weighted by molar-refractivity contribution is -0.179. The molecule has 2 aliphatic carbocycles. The minimum absolute atomic E-state index is 0.208. The number of aliphatic carboxylic acids is 1. The number of carbonyl (C=O) groups excluding carboxylic acids is 1. The summed E-state index contributed by atoms with van der Waals surface area (Å²) in [6.07, 6.45) is 4.99. The van der Waals surface area contributed by atoms with Crippen molar-refractivity contribution < 1.29 is 19.4 Å². The summed E-state index contributed by atoms with van der Waals surface area (Å²) >= 11 is 0. The summed E-state index contributed by atoms with van der Waals surface area (Å²) in [4.78, 5) is 23.7. The molecular weight excluding hydrogens is 220 g/mol. The molecule has 2 bridgehead atoms. The lowest BCUT2D eigenvalue weighted by atomic mass is 9.75. The van der Waals surface area contributed by atoms with Crippen LogP contribution in [0.4, 0.5) is 0 Å². The summed E-state index contributed by atoms with van der Waals surface area (Å²) in [7, 11) is 0. The fourth-order valence-corrected chi connectivity index (χ4v) is 2.79. The first-order valence-electron chi connectivity index (χ1n) is 5.91. The zero-order valence-electron chi connectivity index (χ0n) is 10.4. The van der Waals surface area contributed by atoms with Gasteiger partial charge in [-0.2, -0.15) is 0 Å². The molecule has 3 atom stereocenters. The van der Waals surface area contributed by atoms with Gasteiger partial charge in [0.05, 0.1) is 0 Å². The normalized spacial score (nSPS) is 35.0. The number of rotatable bonds is 2. The first kappa shape index (κ1) is 12.1. The van der Waals surface area contributed by atoms with E-state index < -0.39 is 23.0 Å². The minimum atomic E-state index is -1.35. The molecule has 0 spiro atoms. The van der Waals surface area contributed by atoms with Crippen molar-refractivity contribution in [3.05, 3.63) is 12.2 Å². The Hall–Kier alpha value is -1.32. The number of allylic oxidation sites excluding steroid dienone is 2. The van der Waals surface area contributed by atoms with Crippen molar-refractivity contribution in [3.63, 3.8) is 0 Å². The van der Waals surface area contributed by atoms with Gasteiger partial charge in [0.25, 0.3) is 0 Å². The number of carboxylic acids is 1. The molecule has 4 nitrogen and oxygen atoms in total. The third-order valence-electron chi connectivity index (χ3n) is 3.53. The first-order chi connectivity index (χ1) is 7.75. The maximum absolute atomic E-state index is 12.2. The first-order valence-corrected chi connectivity index (χ1v) is 5.91. The summed E-state index contributed by atoms with van der Waals surface area (Å²) in [5.41, 5.74) is -2.00. The van der Waals surface area contributed by atoms with Gasteiger partial charge in [0.2, 0.25) is 0 Å². The van der Waals surface area contributed by atoms with E-state index in [1.165, 1.54) is 0 Å². The lowest BCUT2D eigenvalue weighted by Crippen LogP contribution is -2.46. The zero-order valence-corrected chi connectivity index (χ0v) is 10.4. The molecule has 4 heteroatoms. The topological polar surface area (TPSA) is 63.6 Å². The van der Waals surface area contributed by atoms with Crippen LogP contribution in [0.5, 0.6) is 0 Å². The van der Waals surface area contributed by atoms with E-state index in [1.807, 2.05) is 12.2 Å². The number of esters is 1. The van der Waals surface area contributed by atoms with E-state index in [1.54, 1.807) is 20.8 Å². The Morgan fingerprint density at radius 3 is 2.35 bits per heavy atom. The Kier molecular flexibility index (Phi) is 2.56. The standard InChI is InChI=1S/C13H18O4/c1-12(2,3)17-11(16)13(10(14)15)7-8-4-5-9(13)6-8/h4-5,8-9H,6-7H2,1-3H3,(H,14,15). The van der Waals surface area contributed by atoms with E-state index in [0.717, 1.165) is 6.42 Å². The Morgan fingerprint density at radius 2 is 2.00 bits per heavy atom. The van der Waals surface area contributed by atoms with Crippen molar-refractivity contribution in [2.45, 2.75) is 39.2 Å². The lowest BCUT2D eigenvalue weighted by Gasteiger charge is -2.32. The molecule has 0 amide bonds. The van der Waals surface area contributed by atoms with Gasteiger partial charge in [-0.05, 0) is 39.5 Å². The fraction of sp³-hybridized carbons (Fsp3) is 0.692. The van der Waals surface area contributed by atoms with Gasteiger partial charge < -0.3 is 9.84 Å². The molecule has 0 saturated heterocycles. The predicted molar refractivity (Wildman–Crippen MR) is 61.3 cm³/mol. The van der Waals surface area contributed by atoms with Crippen LogP contribution in [-0.2, 0) is 14.3 Å². The molecule has 0 radical (unpaired) electrons. The van der Waals surface area contributed by atoms with Gasteiger partial charge in [-0.3, -0.25) is 9.59 Å². The molecule has 2 aliphatic rings. The van der Waals surface area contributed by atoms with Crippen LogP contribution in [0.3, 0.4) is 0 Å². The second-order valence-electron chi connectivity index (χ2n) is 5.97. The molecule has 0 aromatic rings. The van der Waals surface area contributed by atoms with Gasteiger partial charge in [0, 0.05) is 5.92 Å². The highest BCUT2D eigenvalue weighted by molar-refractivity contribution is 6.00. The van der Waals surface area contributed by atoms with Crippen LogP contribution in [0.25, 0.3) is 0 Å². The summed E-state index contributed by atoms with van der Waals surface area (Å²) < 4.78 is 5.29. The Morgan fingerprint density at radius 1 is 1.35 bits per heavy atom. The van der Waals surface area contributed by atoms with Crippen LogP contribution in [0.1, 0.15) is 33.6 Å². The summed E-state index contributed by atoms with van der Waals surface area (Å²) in [6.45, 7) is 5.26. The average Bonchev–Trinajstić information content (AvgIpc) is 2.73. The van der Waals surface area contributed by atoms with Gasteiger partial charge in [0.15, 0.2) is 5.41 Å². The Labute approximate surface area is 101 Å².